The second-order valence-electron chi connectivity index (χ2n) is 5.46. The summed E-state index contributed by atoms with van der Waals surface area (Å²) in [4.78, 5) is 19.4. The van der Waals surface area contributed by atoms with E-state index in [0.717, 1.165) is 21.8 Å². The molecule has 0 amide bonds. The molecule has 0 radical (unpaired) electrons. The van der Waals surface area contributed by atoms with Crippen molar-refractivity contribution in [3.8, 4) is 21.8 Å². The molecule has 0 aliphatic carbocycles. The second kappa shape index (κ2) is 6.26. The van der Waals surface area contributed by atoms with Gasteiger partial charge in [0, 0.05) is 41.0 Å². The zero-order valence-corrected chi connectivity index (χ0v) is 13.6. The summed E-state index contributed by atoms with van der Waals surface area (Å²) in [6, 6.07) is 8.54. The van der Waals surface area contributed by atoms with Crippen LogP contribution in [0.4, 0.5) is 5.69 Å². The molecular weight excluding hydrogens is 310 g/mol. The molecule has 1 aromatic carbocycles. The van der Waals surface area contributed by atoms with Crippen molar-refractivity contribution in [3.05, 3.63) is 63.8 Å². The molecule has 2 aromatic heterocycles. The van der Waals surface area contributed by atoms with E-state index < -0.39 is 4.92 Å². The Morgan fingerprint density at radius 1 is 1.26 bits per heavy atom. The second-order valence-corrected chi connectivity index (χ2v) is 6.32. The van der Waals surface area contributed by atoms with Crippen molar-refractivity contribution in [1.29, 1.82) is 0 Å². The minimum absolute atomic E-state index is 0.0706. The molecule has 0 saturated heterocycles. The number of pyridine rings is 1. The van der Waals surface area contributed by atoms with Crippen LogP contribution in [0.15, 0.2) is 48.1 Å². The van der Waals surface area contributed by atoms with Crippen molar-refractivity contribution in [2.75, 3.05) is 0 Å². The van der Waals surface area contributed by atoms with E-state index in [-0.39, 0.29) is 5.69 Å². The van der Waals surface area contributed by atoms with Gasteiger partial charge in [0.05, 0.1) is 10.6 Å². The molecule has 0 spiro atoms. The number of nitro benzene ring substituents is 1. The molecule has 0 aliphatic rings. The van der Waals surface area contributed by atoms with Gasteiger partial charge < -0.3 is 0 Å². The Bertz CT molecular complexity index is 858. The molecule has 3 rings (SSSR count). The van der Waals surface area contributed by atoms with Gasteiger partial charge in [0.15, 0.2) is 0 Å². The zero-order chi connectivity index (χ0) is 16.4. The Labute approximate surface area is 137 Å². The van der Waals surface area contributed by atoms with E-state index in [9.17, 15) is 10.1 Å². The van der Waals surface area contributed by atoms with Crippen molar-refractivity contribution in [2.24, 2.45) is 0 Å². The summed E-state index contributed by atoms with van der Waals surface area (Å²) in [5.74, 6) is 0.373. The van der Waals surface area contributed by atoms with Crippen LogP contribution in [-0.2, 0) is 0 Å². The van der Waals surface area contributed by atoms with Gasteiger partial charge in [-0.15, -0.1) is 11.3 Å². The van der Waals surface area contributed by atoms with Crippen molar-refractivity contribution >= 4 is 17.0 Å². The first kappa shape index (κ1) is 15.3. The normalized spacial score (nSPS) is 10.9. The van der Waals surface area contributed by atoms with Crippen molar-refractivity contribution in [2.45, 2.75) is 19.8 Å². The molecule has 0 N–H and O–H groups in total. The highest BCUT2D eigenvalue weighted by molar-refractivity contribution is 7.13. The van der Waals surface area contributed by atoms with E-state index in [4.69, 9.17) is 0 Å². The van der Waals surface area contributed by atoms with Gasteiger partial charge in [-0.05, 0) is 17.5 Å². The number of hydrogen-bond donors (Lipinski definition) is 0. The van der Waals surface area contributed by atoms with Crippen LogP contribution in [0.3, 0.4) is 0 Å². The molecule has 0 aliphatic heterocycles. The summed E-state index contributed by atoms with van der Waals surface area (Å²) >= 11 is 1.52. The molecule has 3 aromatic rings. The fraction of sp³-hybridized carbons (Fsp3) is 0.176. The van der Waals surface area contributed by atoms with Crippen LogP contribution in [0, 0.1) is 10.1 Å². The number of nitrogens with zero attached hydrogens (tertiary/aromatic N) is 3. The number of nitro groups is 1. The third-order valence-corrected chi connectivity index (χ3v) is 4.44. The van der Waals surface area contributed by atoms with Gasteiger partial charge in [-0.1, -0.05) is 26.0 Å². The molecule has 0 unspecified atom stereocenters. The Hall–Kier alpha value is -2.60. The lowest BCUT2D eigenvalue weighted by molar-refractivity contribution is -0.384. The fourth-order valence-electron chi connectivity index (χ4n) is 2.40. The van der Waals surface area contributed by atoms with Crippen molar-refractivity contribution in [1.82, 2.24) is 9.97 Å². The van der Waals surface area contributed by atoms with E-state index in [1.54, 1.807) is 18.3 Å². The maximum atomic E-state index is 10.9. The third-order valence-electron chi connectivity index (χ3n) is 3.56. The van der Waals surface area contributed by atoms with E-state index in [0.29, 0.717) is 5.92 Å². The lowest BCUT2D eigenvalue weighted by atomic mass is 10.00. The number of thiazole rings is 1. The van der Waals surface area contributed by atoms with Crippen LogP contribution >= 0.6 is 11.3 Å². The fourth-order valence-corrected chi connectivity index (χ4v) is 3.26. The summed E-state index contributed by atoms with van der Waals surface area (Å²) in [5.41, 5.74) is 3.77. The maximum absolute atomic E-state index is 10.9. The van der Waals surface area contributed by atoms with Crippen LogP contribution in [-0.4, -0.2) is 14.9 Å². The van der Waals surface area contributed by atoms with Gasteiger partial charge in [-0.2, -0.15) is 0 Å². The smallest absolute Gasteiger partial charge is 0.264 e. The highest BCUT2D eigenvalue weighted by Crippen LogP contribution is 2.33. The quantitative estimate of drug-likeness (QED) is 0.505. The number of rotatable bonds is 4. The minimum atomic E-state index is -0.394. The first-order valence-corrected chi connectivity index (χ1v) is 8.09. The first-order chi connectivity index (χ1) is 11.1. The maximum Gasteiger partial charge on any atom is 0.270 e. The summed E-state index contributed by atoms with van der Waals surface area (Å²) in [7, 11) is 0. The largest absolute Gasteiger partial charge is 0.270 e. The van der Waals surface area contributed by atoms with E-state index >= 15 is 0 Å². The van der Waals surface area contributed by atoms with Crippen molar-refractivity contribution in [3.63, 3.8) is 0 Å². The molecule has 2 heterocycles. The lowest BCUT2D eigenvalue weighted by Crippen LogP contribution is -1.93. The number of aromatic nitrogens is 2. The average Bonchev–Trinajstić information content (AvgIpc) is 3.05. The summed E-state index contributed by atoms with van der Waals surface area (Å²) in [6.07, 6.45) is 3.61. The monoisotopic (exact) mass is 325 g/mol. The van der Waals surface area contributed by atoms with E-state index in [1.165, 1.54) is 23.0 Å². The molecule has 6 heteroatoms. The topological polar surface area (TPSA) is 68.9 Å². The molecule has 5 nitrogen and oxygen atoms in total. The molecule has 0 atom stereocenters. The van der Waals surface area contributed by atoms with Crippen LogP contribution in [0.2, 0.25) is 0 Å². The average molecular weight is 325 g/mol. The third kappa shape index (κ3) is 3.12. The predicted molar refractivity (Wildman–Crippen MR) is 91.5 cm³/mol. The van der Waals surface area contributed by atoms with Gasteiger partial charge >= 0.3 is 0 Å². The summed E-state index contributed by atoms with van der Waals surface area (Å²) in [6.45, 7) is 4.27. The Kier molecular flexibility index (Phi) is 4.16. The summed E-state index contributed by atoms with van der Waals surface area (Å²) < 4.78 is 0. The van der Waals surface area contributed by atoms with Gasteiger partial charge in [0.25, 0.3) is 5.69 Å². The molecule has 23 heavy (non-hydrogen) atoms. The first-order valence-electron chi connectivity index (χ1n) is 7.21. The van der Waals surface area contributed by atoms with Crippen LogP contribution in [0.1, 0.15) is 25.3 Å². The Morgan fingerprint density at radius 2 is 2.09 bits per heavy atom. The predicted octanol–water partition coefficient (Wildman–Crippen LogP) is 4.90. The molecule has 0 fully saturated rings. The zero-order valence-electron chi connectivity index (χ0n) is 12.8. The highest BCUT2D eigenvalue weighted by Gasteiger charge is 2.14. The molecule has 0 saturated carbocycles. The molecular formula is C17H15N3O2S. The Morgan fingerprint density at radius 3 is 2.83 bits per heavy atom. The van der Waals surface area contributed by atoms with Gasteiger partial charge in [0.1, 0.15) is 5.01 Å². The standard InChI is InChI=1S/C17H15N3O2S/c1-11(2)14-6-7-18-9-15(14)17-19-16(10-23-17)12-4-3-5-13(8-12)20(21)22/h3-11H,1-2H3. The highest BCUT2D eigenvalue weighted by atomic mass is 32.1. The number of hydrogen-bond acceptors (Lipinski definition) is 5. The van der Waals surface area contributed by atoms with Crippen LogP contribution in [0.25, 0.3) is 21.8 Å². The number of benzene rings is 1. The minimum Gasteiger partial charge on any atom is -0.264 e. The van der Waals surface area contributed by atoms with E-state index in [1.807, 2.05) is 23.7 Å². The van der Waals surface area contributed by atoms with Crippen molar-refractivity contribution < 1.29 is 4.92 Å². The molecule has 116 valence electrons. The Balaban J connectivity index is 2.02. The summed E-state index contributed by atoms with van der Waals surface area (Å²) in [5, 5.41) is 13.7. The van der Waals surface area contributed by atoms with Crippen LogP contribution < -0.4 is 0 Å². The van der Waals surface area contributed by atoms with Gasteiger partial charge in [0.2, 0.25) is 0 Å². The number of non-ortho nitro benzene ring substituents is 1. The van der Waals surface area contributed by atoms with Crippen LogP contribution in [0.5, 0.6) is 0 Å². The van der Waals surface area contributed by atoms with Gasteiger partial charge in [-0.3, -0.25) is 15.1 Å². The van der Waals surface area contributed by atoms with Gasteiger partial charge in [-0.25, -0.2) is 4.98 Å². The molecule has 0 bridgehead atoms. The lowest BCUT2D eigenvalue weighted by Gasteiger charge is -2.09. The van der Waals surface area contributed by atoms with E-state index in [2.05, 4.69) is 23.8 Å². The SMILES string of the molecule is CC(C)c1ccncc1-c1nc(-c2cccc([N+](=O)[O-])c2)cs1.